The SMILES string of the molecule is CC1(C)C(=O)Nc2ccccc2N1C(=O)COC(=O)c1ccc2c(c1)CCC(=O)N2. The molecule has 0 saturated carbocycles. The molecule has 0 fully saturated rings. The minimum Gasteiger partial charge on any atom is -0.452 e. The monoisotopic (exact) mass is 407 g/mol. The number of aryl methyl sites for hydroxylation is 1. The van der Waals surface area contributed by atoms with Gasteiger partial charge in [0.25, 0.3) is 5.91 Å². The largest absolute Gasteiger partial charge is 0.452 e. The zero-order valence-corrected chi connectivity index (χ0v) is 16.7. The maximum absolute atomic E-state index is 12.9. The number of amides is 3. The summed E-state index contributed by atoms with van der Waals surface area (Å²) in [6.45, 7) is 2.77. The van der Waals surface area contributed by atoms with Gasteiger partial charge in [0, 0.05) is 12.1 Å². The van der Waals surface area contributed by atoms with Crippen LogP contribution in [0.4, 0.5) is 17.1 Å². The van der Waals surface area contributed by atoms with Crippen LogP contribution < -0.4 is 15.5 Å². The summed E-state index contributed by atoms with van der Waals surface area (Å²) in [7, 11) is 0. The maximum Gasteiger partial charge on any atom is 0.338 e. The van der Waals surface area contributed by atoms with Crippen molar-refractivity contribution in [3.05, 3.63) is 53.6 Å². The van der Waals surface area contributed by atoms with Gasteiger partial charge in [-0.3, -0.25) is 19.3 Å². The highest BCUT2D eigenvalue weighted by molar-refractivity contribution is 6.14. The number of esters is 1. The van der Waals surface area contributed by atoms with Crippen molar-refractivity contribution < 1.29 is 23.9 Å². The van der Waals surface area contributed by atoms with E-state index in [1.54, 1.807) is 56.3 Å². The van der Waals surface area contributed by atoms with Gasteiger partial charge in [0.2, 0.25) is 11.8 Å². The number of fused-ring (bicyclic) bond motifs is 2. The fourth-order valence-electron chi connectivity index (χ4n) is 3.68. The summed E-state index contributed by atoms with van der Waals surface area (Å²) in [5, 5.41) is 5.54. The molecule has 30 heavy (non-hydrogen) atoms. The molecule has 154 valence electrons. The number of nitrogens with zero attached hydrogens (tertiary/aromatic N) is 1. The van der Waals surface area contributed by atoms with Crippen LogP contribution in [0.25, 0.3) is 0 Å². The molecule has 0 bridgehead atoms. The lowest BCUT2D eigenvalue weighted by Crippen LogP contribution is -2.59. The summed E-state index contributed by atoms with van der Waals surface area (Å²) >= 11 is 0. The van der Waals surface area contributed by atoms with Crippen LogP contribution in [0.2, 0.25) is 0 Å². The topological polar surface area (TPSA) is 105 Å². The van der Waals surface area contributed by atoms with Crippen LogP contribution in [0, 0.1) is 0 Å². The van der Waals surface area contributed by atoms with Gasteiger partial charge in [-0.1, -0.05) is 12.1 Å². The molecule has 0 aliphatic carbocycles. The van der Waals surface area contributed by atoms with Gasteiger partial charge in [0.15, 0.2) is 6.61 Å². The van der Waals surface area contributed by atoms with E-state index in [-0.39, 0.29) is 11.8 Å². The lowest BCUT2D eigenvalue weighted by molar-refractivity contribution is -0.128. The molecule has 8 heteroatoms. The number of hydrogen-bond acceptors (Lipinski definition) is 5. The molecule has 0 atom stereocenters. The summed E-state index contributed by atoms with van der Waals surface area (Å²) in [6.07, 6.45) is 0.893. The molecule has 2 N–H and O–H groups in total. The summed E-state index contributed by atoms with van der Waals surface area (Å²) < 4.78 is 5.25. The third-order valence-corrected chi connectivity index (χ3v) is 5.32. The summed E-state index contributed by atoms with van der Waals surface area (Å²) in [6, 6.07) is 11.8. The number of ether oxygens (including phenoxy) is 1. The van der Waals surface area contributed by atoms with Gasteiger partial charge in [-0.2, -0.15) is 0 Å². The quantitative estimate of drug-likeness (QED) is 0.761. The first kappa shape index (κ1) is 19.6. The number of nitrogens with one attached hydrogen (secondary N) is 2. The number of rotatable bonds is 3. The van der Waals surface area contributed by atoms with Gasteiger partial charge in [0.1, 0.15) is 5.54 Å². The molecule has 0 saturated heterocycles. The average Bonchev–Trinajstić information content (AvgIpc) is 2.72. The molecule has 2 aliphatic heterocycles. The molecule has 0 spiro atoms. The Bertz CT molecular complexity index is 1080. The van der Waals surface area contributed by atoms with E-state index in [1.165, 1.54) is 4.90 Å². The van der Waals surface area contributed by atoms with E-state index in [0.29, 0.717) is 35.5 Å². The first-order chi connectivity index (χ1) is 14.3. The number of hydrogen-bond donors (Lipinski definition) is 2. The van der Waals surface area contributed by atoms with Crippen molar-refractivity contribution in [2.24, 2.45) is 0 Å². The fraction of sp³-hybridized carbons (Fsp3) is 0.273. The fourth-order valence-corrected chi connectivity index (χ4v) is 3.68. The van der Waals surface area contributed by atoms with Crippen LogP contribution in [-0.2, 0) is 25.5 Å². The van der Waals surface area contributed by atoms with Crippen LogP contribution in [0.15, 0.2) is 42.5 Å². The number of anilines is 3. The minimum atomic E-state index is -1.14. The van der Waals surface area contributed by atoms with Crippen LogP contribution in [0.1, 0.15) is 36.2 Å². The molecule has 2 aromatic carbocycles. The van der Waals surface area contributed by atoms with Crippen molar-refractivity contribution in [1.82, 2.24) is 0 Å². The Hall–Kier alpha value is -3.68. The Labute approximate surface area is 173 Å². The lowest BCUT2D eigenvalue weighted by atomic mass is 9.96. The van der Waals surface area contributed by atoms with Gasteiger partial charge >= 0.3 is 5.97 Å². The minimum absolute atomic E-state index is 0.0584. The highest BCUT2D eigenvalue weighted by atomic mass is 16.5. The first-order valence-corrected chi connectivity index (χ1v) is 9.61. The predicted octanol–water partition coefficient (Wildman–Crippen LogP) is 2.49. The molecule has 2 aliphatic rings. The summed E-state index contributed by atoms with van der Waals surface area (Å²) in [4.78, 5) is 50.7. The van der Waals surface area contributed by atoms with E-state index in [1.807, 2.05) is 0 Å². The van der Waals surface area contributed by atoms with Crippen LogP contribution >= 0.6 is 0 Å². The highest BCUT2D eigenvalue weighted by Gasteiger charge is 2.43. The van der Waals surface area contributed by atoms with Gasteiger partial charge in [-0.15, -0.1) is 0 Å². The Morgan fingerprint density at radius 1 is 1.03 bits per heavy atom. The van der Waals surface area contributed by atoms with E-state index in [2.05, 4.69) is 10.6 Å². The van der Waals surface area contributed by atoms with Crippen LogP contribution in [0.3, 0.4) is 0 Å². The lowest BCUT2D eigenvalue weighted by Gasteiger charge is -2.41. The van der Waals surface area contributed by atoms with Gasteiger partial charge in [-0.25, -0.2) is 4.79 Å². The molecule has 4 rings (SSSR count). The van der Waals surface area contributed by atoms with E-state index < -0.39 is 24.0 Å². The molecular formula is C22H21N3O5. The molecule has 0 aromatic heterocycles. The van der Waals surface area contributed by atoms with E-state index in [0.717, 1.165) is 5.56 Å². The normalized spacial score (nSPS) is 16.7. The summed E-state index contributed by atoms with van der Waals surface area (Å²) in [5.74, 6) is -1.52. The van der Waals surface area contributed by atoms with Crippen molar-refractivity contribution in [3.8, 4) is 0 Å². The molecule has 8 nitrogen and oxygen atoms in total. The number of carbonyl (C=O) groups excluding carboxylic acids is 4. The molecule has 0 radical (unpaired) electrons. The smallest absolute Gasteiger partial charge is 0.338 e. The molecule has 0 unspecified atom stereocenters. The molecule has 2 aromatic rings. The number of carbonyl (C=O) groups is 4. The first-order valence-electron chi connectivity index (χ1n) is 9.61. The Morgan fingerprint density at radius 2 is 1.80 bits per heavy atom. The highest BCUT2D eigenvalue weighted by Crippen LogP contribution is 2.36. The van der Waals surface area contributed by atoms with Crippen molar-refractivity contribution in [2.45, 2.75) is 32.2 Å². The third-order valence-electron chi connectivity index (χ3n) is 5.32. The molecule has 3 amide bonds. The Kier molecular flexibility index (Phi) is 4.77. The number of para-hydroxylation sites is 2. The van der Waals surface area contributed by atoms with Gasteiger partial charge in [0.05, 0.1) is 16.9 Å². The second kappa shape index (κ2) is 7.29. The summed E-state index contributed by atoms with van der Waals surface area (Å²) in [5.41, 5.74) is 1.76. The van der Waals surface area contributed by atoms with Crippen molar-refractivity contribution in [2.75, 3.05) is 22.1 Å². The predicted molar refractivity (Wildman–Crippen MR) is 110 cm³/mol. The average molecular weight is 407 g/mol. The van der Waals surface area contributed by atoms with E-state index in [9.17, 15) is 19.2 Å². The maximum atomic E-state index is 12.9. The van der Waals surface area contributed by atoms with E-state index >= 15 is 0 Å². The standard InChI is InChI=1S/C22H21N3O5/c1-22(2)21(29)24-16-5-3-4-6-17(16)25(22)19(27)12-30-20(28)14-7-9-15-13(11-14)8-10-18(26)23-15/h3-7,9,11H,8,10,12H2,1-2H3,(H,23,26)(H,24,29). The number of benzene rings is 2. The zero-order valence-electron chi connectivity index (χ0n) is 16.7. The molecular weight excluding hydrogens is 386 g/mol. The molecule has 2 heterocycles. The van der Waals surface area contributed by atoms with Crippen molar-refractivity contribution >= 4 is 40.8 Å². The second-order valence-corrected chi connectivity index (χ2v) is 7.76. The third kappa shape index (κ3) is 3.41. The Balaban J connectivity index is 1.50. The van der Waals surface area contributed by atoms with Crippen LogP contribution in [0.5, 0.6) is 0 Å². The van der Waals surface area contributed by atoms with E-state index in [4.69, 9.17) is 4.74 Å². The van der Waals surface area contributed by atoms with Gasteiger partial charge in [-0.05, 0) is 56.2 Å². The van der Waals surface area contributed by atoms with Crippen molar-refractivity contribution in [1.29, 1.82) is 0 Å². The Morgan fingerprint density at radius 3 is 2.60 bits per heavy atom. The second-order valence-electron chi connectivity index (χ2n) is 7.76. The van der Waals surface area contributed by atoms with Gasteiger partial charge < -0.3 is 15.4 Å². The van der Waals surface area contributed by atoms with Crippen LogP contribution in [-0.4, -0.2) is 35.8 Å². The van der Waals surface area contributed by atoms with Crippen molar-refractivity contribution in [3.63, 3.8) is 0 Å². The zero-order chi connectivity index (χ0) is 21.5.